The fraction of sp³-hybridized carbons (Fsp3) is 0.273. The topological polar surface area (TPSA) is 39.9 Å². The molecule has 0 aliphatic carbocycles. The molecule has 0 radical (unpaired) electrons. The van der Waals surface area contributed by atoms with Gasteiger partial charge in [-0.1, -0.05) is 29.3 Å². The number of halogens is 2. The molecule has 0 bridgehead atoms. The average molecular weight is 272 g/mol. The smallest absolute Gasteiger partial charge is 0.137 e. The first-order chi connectivity index (χ1) is 8.20. The van der Waals surface area contributed by atoms with Crippen LogP contribution < -0.4 is 0 Å². The molecule has 2 aromatic rings. The Labute approximate surface area is 109 Å². The molecule has 0 aliphatic rings. The number of ether oxygens (including phenoxy) is 1. The van der Waals surface area contributed by atoms with E-state index >= 15 is 0 Å². The molecule has 0 aliphatic heterocycles. The number of aromatic nitrogens is 3. The summed E-state index contributed by atoms with van der Waals surface area (Å²) in [7, 11) is 1.63. The van der Waals surface area contributed by atoms with Crippen molar-refractivity contribution in [3.8, 4) is 0 Å². The second kappa shape index (κ2) is 5.49. The highest BCUT2D eigenvalue weighted by molar-refractivity contribution is 6.35. The lowest BCUT2D eigenvalue weighted by atomic mass is 10.1. The summed E-state index contributed by atoms with van der Waals surface area (Å²) in [5.74, 6) is 0. The Morgan fingerprint density at radius 2 is 2.24 bits per heavy atom. The van der Waals surface area contributed by atoms with E-state index in [2.05, 4.69) is 10.1 Å². The van der Waals surface area contributed by atoms with Crippen molar-refractivity contribution in [1.82, 2.24) is 14.8 Å². The molecule has 1 aromatic heterocycles. The van der Waals surface area contributed by atoms with Gasteiger partial charge < -0.3 is 4.74 Å². The van der Waals surface area contributed by atoms with E-state index in [1.165, 1.54) is 6.33 Å². The van der Waals surface area contributed by atoms with Crippen molar-refractivity contribution in [1.29, 1.82) is 0 Å². The van der Waals surface area contributed by atoms with Gasteiger partial charge in [-0.05, 0) is 12.1 Å². The van der Waals surface area contributed by atoms with Gasteiger partial charge in [-0.3, -0.25) is 4.68 Å². The van der Waals surface area contributed by atoms with Gasteiger partial charge in [0.1, 0.15) is 18.8 Å². The molecule has 2 rings (SSSR count). The summed E-state index contributed by atoms with van der Waals surface area (Å²) >= 11 is 12.0. The molecule has 17 heavy (non-hydrogen) atoms. The van der Waals surface area contributed by atoms with Gasteiger partial charge in [0.05, 0.1) is 6.54 Å². The lowest BCUT2D eigenvalue weighted by Crippen LogP contribution is -2.12. The number of hydrogen-bond donors (Lipinski definition) is 0. The molecule has 0 spiro atoms. The summed E-state index contributed by atoms with van der Waals surface area (Å²) in [4.78, 5) is 3.88. The van der Waals surface area contributed by atoms with Crippen LogP contribution in [0.15, 0.2) is 30.9 Å². The molecule has 1 aromatic carbocycles. The Morgan fingerprint density at radius 1 is 1.41 bits per heavy atom. The molecule has 1 unspecified atom stereocenters. The lowest BCUT2D eigenvalue weighted by Gasteiger charge is -2.17. The maximum Gasteiger partial charge on any atom is 0.137 e. The van der Waals surface area contributed by atoms with E-state index in [1.54, 1.807) is 30.3 Å². The summed E-state index contributed by atoms with van der Waals surface area (Å²) in [5, 5.41) is 5.23. The largest absolute Gasteiger partial charge is 0.375 e. The fourth-order valence-electron chi connectivity index (χ4n) is 1.56. The second-order valence-corrected chi connectivity index (χ2v) is 4.35. The number of rotatable bonds is 4. The van der Waals surface area contributed by atoms with Gasteiger partial charge in [0, 0.05) is 22.7 Å². The molecule has 90 valence electrons. The maximum atomic E-state index is 6.13. The van der Waals surface area contributed by atoms with Crippen molar-refractivity contribution in [3.05, 3.63) is 46.5 Å². The SMILES string of the molecule is COC(Cn1cncn1)c1ccc(Cl)cc1Cl. The van der Waals surface area contributed by atoms with Crippen LogP contribution in [0, 0.1) is 0 Å². The first kappa shape index (κ1) is 12.4. The molecule has 4 nitrogen and oxygen atoms in total. The Bertz CT molecular complexity index is 487. The van der Waals surface area contributed by atoms with Crippen LogP contribution in [-0.2, 0) is 11.3 Å². The Hall–Kier alpha value is -1.10. The van der Waals surface area contributed by atoms with Crippen molar-refractivity contribution in [2.24, 2.45) is 0 Å². The number of hydrogen-bond acceptors (Lipinski definition) is 3. The van der Waals surface area contributed by atoms with Crippen LogP contribution in [0.1, 0.15) is 11.7 Å². The van der Waals surface area contributed by atoms with Gasteiger partial charge in [0.25, 0.3) is 0 Å². The standard InChI is InChI=1S/C11H11Cl2N3O/c1-17-11(5-16-7-14-6-15-16)9-3-2-8(12)4-10(9)13/h2-4,6-7,11H,5H2,1H3. The van der Waals surface area contributed by atoms with Gasteiger partial charge in [-0.25, -0.2) is 4.98 Å². The summed E-state index contributed by atoms with van der Waals surface area (Å²) in [6, 6.07) is 5.34. The third-order valence-electron chi connectivity index (χ3n) is 2.41. The predicted octanol–water partition coefficient (Wildman–Crippen LogP) is 2.97. The van der Waals surface area contributed by atoms with E-state index in [9.17, 15) is 0 Å². The maximum absolute atomic E-state index is 6.13. The van der Waals surface area contributed by atoms with Crippen LogP contribution in [0.2, 0.25) is 10.0 Å². The van der Waals surface area contributed by atoms with E-state index < -0.39 is 0 Å². The van der Waals surface area contributed by atoms with Crippen LogP contribution in [0.5, 0.6) is 0 Å². The first-order valence-corrected chi connectivity index (χ1v) is 5.76. The minimum atomic E-state index is -0.179. The van der Waals surface area contributed by atoms with Crippen molar-refractivity contribution in [2.45, 2.75) is 12.6 Å². The predicted molar refractivity (Wildman–Crippen MR) is 66.2 cm³/mol. The summed E-state index contributed by atoms with van der Waals surface area (Å²) in [6.45, 7) is 0.553. The lowest BCUT2D eigenvalue weighted by molar-refractivity contribution is 0.0846. The van der Waals surface area contributed by atoms with E-state index in [4.69, 9.17) is 27.9 Å². The molecule has 0 saturated heterocycles. The van der Waals surface area contributed by atoms with E-state index in [0.717, 1.165) is 5.56 Å². The van der Waals surface area contributed by atoms with Crippen molar-refractivity contribution >= 4 is 23.2 Å². The van der Waals surface area contributed by atoms with E-state index in [0.29, 0.717) is 16.6 Å². The van der Waals surface area contributed by atoms with Crippen LogP contribution in [0.25, 0.3) is 0 Å². The molecule has 0 N–H and O–H groups in total. The average Bonchev–Trinajstić information content (AvgIpc) is 2.79. The van der Waals surface area contributed by atoms with Gasteiger partial charge in [-0.2, -0.15) is 5.10 Å². The van der Waals surface area contributed by atoms with Crippen molar-refractivity contribution in [2.75, 3.05) is 7.11 Å². The zero-order valence-electron chi connectivity index (χ0n) is 9.18. The highest BCUT2D eigenvalue weighted by Gasteiger charge is 2.15. The number of methoxy groups -OCH3 is 1. The fourth-order valence-corrected chi connectivity index (χ4v) is 2.09. The van der Waals surface area contributed by atoms with Gasteiger partial charge in [0.15, 0.2) is 0 Å². The van der Waals surface area contributed by atoms with Crippen LogP contribution >= 0.6 is 23.2 Å². The van der Waals surface area contributed by atoms with Crippen molar-refractivity contribution in [3.63, 3.8) is 0 Å². The van der Waals surface area contributed by atoms with Gasteiger partial charge >= 0.3 is 0 Å². The number of benzene rings is 1. The molecular formula is C11H11Cl2N3O. The zero-order valence-corrected chi connectivity index (χ0v) is 10.7. The molecule has 0 amide bonds. The third kappa shape index (κ3) is 2.97. The van der Waals surface area contributed by atoms with E-state index in [1.807, 2.05) is 6.07 Å². The normalized spacial score (nSPS) is 12.6. The molecular weight excluding hydrogens is 261 g/mol. The quantitative estimate of drug-likeness (QED) is 0.859. The van der Waals surface area contributed by atoms with Crippen molar-refractivity contribution < 1.29 is 4.74 Å². The highest BCUT2D eigenvalue weighted by Crippen LogP contribution is 2.28. The number of nitrogens with zero attached hydrogens (tertiary/aromatic N) is 3. The van der Waals surface area contributed by atoms with Crippen LogP contribution in [0.4, 0.5) is 0 Å². The Balaban J connectivity index is 2.23. The Kier molecular flexibility index (Phi) is 3.99. The van der Waals surface area contributed by atoms with E-state index in [-0.39, 0.29) is 6.10 Å². The zero-order chi connectivity index (χ0) is 12.3. The minimum Gasteiger partial charge on any atom is -0.375 e. The molecule has 0 saturated carbocycles. The summed E-state index contributed by atoms with van der Waals surface area (Å²) in [5.41, 5.74) is 0.883. The summed E-state index contributed by atoms with van der Waals surface area (Å²) < 4.78 is 7.11. The summed E-state index contributed by atoms with van der Waals surface area (Å²) in [6.07, 6.45) is 2.94. The van der Waals surface area contributed by atoms with Crippen LogP contribution in [0.3, 0.4) is 0 Å². The first-order valence-electron chi connectivity index (χ1n) is 5.01. The molecule has 0 fully saturated rings. The molecule has 6 heteroatoms. The third-order valence-corrected chi connectivity index (χ3v) is 2.98. The van der Waals surface area contributed by atoms with Crippen LogP contribution in [-0.4, -0.2) is 21.9 Å². The molecule has 1 heterocycles. The van der Waals surface area contributed by atoms with Gasteiger partial charge in [-0.15, -0.1) is 0 Å². The second-order valence-electron chi connectivity index (χ2n) is 3.51. The molecule has 1 atom stereocenters. The minimum absolute atomic E-state index is 0.179. The highest BCUT2D eigenvalue weighted by atomic mass is 35.5. The monoisotopic (exact) mass is 271 g/mol. The van der Waals surface area contributed by atoms with Gasteiger partial charge in [0.2, 0.25) is 0 Å². The Morgan fingerprint density at radius 3 is 2.82 bits per heavy atom.